The monoisotopic (exact) mass is 455 g/mol. The molecule has 0 fully saturated rings. The average Bonchev–Trinajstić information content (AvgIpc) is 3.15. The third kappa shape index (κ3) is 3.51. The van der Waals surface area contributed by atoms with Gasteiger partial charge in [0.1, 0.15) is 0 Å². The molecule has 1 radical (unpaired) electrons. The largest absolute Gasteiger partial charge is 0.288 e. The van der Waals surface area contributed by atoms with Crippen molar-refractivity contribution in [3.63, 3.8) is 0 Å². The van der Waals surface area contributed by atoms with Gasteiger partial charge in [0.15, 0.2) is 0 Å². The van der Waals surface area contributed by atoms with E-state index in [1.165, 1.54) is 30.3 Å². The maximum absolute atomic E-state index is 13.1. The molecular formula is C21H19N2O6SSi. The van der Waals surface area contributed by atoms with Crippen LogP contribution in [0.15, 0.2) is 46.2 Å². The number of carbonyl (C=O) groups excluding carboxylic acids is 4. The fraction of sp³-hybridized carbons (Fsp3) is 0.238. The first-order chi connectivity index (χ1) is 14.6. The maximum atomic E-state index is 13.1. The van der Waals surface area contributed by atoms with Crippen LogP contribution in [0.5, 0.6) is 0 Å². The highest BCUT2D eigenvalue weighted by Crippen LogP contribution is 2.30. The summed E-state index contributed by atoms with van der Waals surface area (Å²) < 4.78 is 26.2. The highest BCUT2D eigenvalue weighted by atomic mass is 32.2. The summed E-state index contributed by atoms with van der Waals surface area (Å²) in [7, 11) is -4.55. The van der Waals surface area contributed by atoms with Gasteiger partial charge in [0, 0.05) is 15.3 Å². The molecule has 159 valence electrons. The standard InChI is InChI=1S/C21H19N2O6SSi/c1-31(2)9-3-8-23-20(26)15-7-5-13(11-17(15)21(23)27)30(28,29)12-4-6-14-16(10-12)19(25)22-18(14)24/h4-7,10-11H,3,8-9H2,1-2H3,(H,22,24,25). The highest BCUT2D eigenvalue weighted by molar-refractivity contribution is 7.91. The van der Waals surface area contributed by atoms with Crippen LogP contribution < -0.4 is 5.32 Å². The van der Waals surface area contributed by atoms with Crippen molar-refractivity contribution >= 4 is 42.3 Å². The number of hydrogen-bond donors (Lipinski definition) is 1. The number of imide groups is 2. The SMILES string of the molecule is C[Si](C)CCCN1C(=O)c2ccc(S(=O)(=O)c3ccc4c(c3)C(=O)NC4=O)cc2C1=O. The van der Waals surface area contributed by atoms with E-state index >= 15 is 0 Å². The molecule has 2 aromatic rings. The van der Waals surface area contributed by atoms with Crippen molar-refractivity contribution in [2.75, 3.05) is 6.54 Å². The predicted molar refractivity (Wildman–Crippen MR) is 112 cm³/mol. The lowest BCUT2D eigenvalue weighted by Gasteiger charge is -2.13. The first-order valence-corrected chi connectivity index (χ1v) is 13.8. The Morgan fingerprint density at radius 3 is 2.00 bits per heavy atom. The van der Waals surface area contributed by atoms with Crippen LogP contribution in [0, 0.1) is 0 Å². The molecule has 2 heterocycles. The Morgan fingerprint density at radius 1 is 0.806 bits per heavy atom. The Bertz CT molecular complexity index is 1270. The van der Waals surface area contributed by atoms with Crippen LogP contribution >= 0.6 is 0 Å². The lowest BCUT2D eigenvalue weighted by Crippen LogP contribution is -2.31. The first kappa shape index (κ1) is 21.1. The van der Waals surface area contributed by atoms with E-state index in [2.05, 4.69) is 18.4 Å². The number of amides is 4. The van der Waals surface area contributed by atoms with Crippen LogP contribution in [-0.2, 0) is 9.84 Å². The van der Waals surface area contributed by atoms with Crippen molar-refractivity contribution in [3.05, 3.63) is 58.7 Å². The first-order valence-electron chi connectivity index (χ1n) is 9.65. The summed E-state index contributed by atoms with van der Waals surface area (Å²) in [6.45, 7) is 4.61. The van der Waals surface area contributed by atoms with Gasteiger partial charge in [-0.3, -0.25) is 29.4 Å². The number of benzene rings is 2. The maximum Gasteiger partial charge on any atom is 0.261 e. The average molecular weight is 456 g/mol. The minimum atomic E-state index is -4.08. The van der Waals surface area contributed by atoms with Crippen LogP contribution in [0.25, 0.3) is 0 Å². The molecule has 0 saturated heterocycles. The molecule has 0 spiro atoms. The zero-order chi connectivity index (χ0) is 22.5. The van der Waals surface area contributed by atoms with Crippen molar-refractivity contribution in [1.29, 1.82) is 0 Å². The summed E-state index contributed by atoms with van der Waals surface area (Å²) in [5.41, 5.74) is 0.329. The summed E-state index contributed by atoms with van der Waals surface area (Å²) >= 11 is 0. The second-order valence-corrected chi connectivity index (χ2v) is 12.6. The fourth-order valence-electron chi connectivity index (χ4n) is 3.68. The number of carbonyl (C=O) groups is 4. The zero-order valence-corrected chi connectivity index (χ0v) is 18.7. The van der Waals surface area contributed by atoms with Gasteiger partial charge in [-0.1, -0.05) is 19.1 Å². The van der Waals surface area contributed by atoms with Crippen molar-refractivity contribution in [2.45, 2.75) is 35.3 Å². The molecule has 2 aromatic carbocycles. The molecule has 4 amide bonds. The summed E-state index contributed by atoms with van der Waals surface area (Å²) in [5.74, 6) is -2.16. The molecule has 4 rings (SSSR count). The molecule has 0 saturated carbocycles. The van der Waals surface area contributed by atoms with E-state index < -0.39 is 42.3 Å². The predicted octanol–water partition coefficient (Wildman–Crippen LogP) is 2.14. The van der Waals surface area contributed by atoms with Gasteiger partial charge in [-0.15, -0.1) is 0 Å². The molecule has 2 aliphatic rings. The molecule has 8 nitrogen and oxygen atoms in total. The Kier molecular flexibility index (Phi) is 5.14. The second kappa shape index (κ2) is 7.54. The third-order valence-electron chi connectivity index (χ3n) is 5.33. The van der Waals surface area contributed by atoms with Gasteiger partial charge in [-0.25, -0.2) is 8.42 Å². The van der Waals surface area contributed by atoms with E-state index in [0.29, 0.717) is 13.0 Å². The minimum absolute atomic E-state index is 0.0163. The van der Waals surface area contributed by atoms with E-state index in [1.54, 1.807) is 0 Å². The molecule has 1 N–H and O–H groups in total. The molecule has 0 atom stereocenters. The summed E-state index contributed by atoms with van der Waals surface area (Å²) in [6.07, 6.45) is 0.716. The van der Waals surface area contributed by atoms with Crippen molar-refractivity contribution in [3.8, 4) is 0 Å². The molecule has 10 heteroatoms. The van der Waals surface area contributed by atoms with E-state index in [9.17, 15) is 27.6 Å². The number of sulfone groups is 1. The van der Waals surface area contributed by atoms with Crippen molar-refractivity contribution in [1.82, 2.24) is 10.2 Å². The van der Waals surface area contributed by atoms with Gasteiger partial charge in [-0.2, -0.15) is 0 Å². The van der Waals surface area contributed by atoms with Crippen molar-refractivity contribution in [2.24, 2.45) is 0 Å². The topological polar surface area (TPSA) is 118 Å². The van der Waals surface area contributed by atoms with Crippen LogP contribution in [0.4, 0.5) is 0 Å². The van der Waals surface area contributed by atoms with Gasteiger partial charge >= 0.3 is 0 Å². The third-order valence-corrected chi connectivity index (χ3v) is 8.43. The summed E-state index contributed by atoms with van der Waals surface area (Å²) in [4.78, 5) is 49.7. The number of nitrogens with one attached hydrogen (secondary N) is 1. The molecule has 0 aromatic heterocycles. The quantitative estimate of drug-likeness (QED) is 0.527. The Hall–Kier alpha value is -3.11. The molecular weight excluding hydrogens is 436 g/mol. The number of fused-ring (bicyclic) bond motifs is 2. The van der Waals surface area contributed by atoms with Gasteiger partial charge in [0.2, 0.25) is 9.84 Å². The van der Waals surface area contributed by atoms with Crippen molar-refractivity contribution < 1.29 is 27.6 Å². The zero-order valence-electron chi connectivity index (χ0n) is 16.9. The Balaban J connectivity index is 1.66. The van der Waals surface area contributed by atoms with Gasteiger partial charge in [0.25, 0.3) is 23.6 Å². The number of hydrogen-bond acceptors (Lipinski definition) is 6. The fourth-order valence-corrected chi connectivity index (χ4v) is 5.86. The van der Waals surface area contributed by atoms with E-state index in [1.807, 2.05) is 0 Å². The van der Waals surface area contributed by atoms with Crippen LogP contribution in [0.1, 0.15) is 47.9 Å². The van der Waals surface area contributed by atoms with E-state index in [0.717, 1.165) is 17.0 Å². The summed E-state index contributed by atoms with van der Waals surface area (Å²) in [5, 5.41) is 2.12. The van der Waals surface area contributed by atoms with Gasteiger partial charge < -0.3 is 0 Å². The van der Waals surface area contributed by atoms with Gasteiger partial charge in [-0.05, 0) is 42.8 Å². The normalized spacial score (nSPS) is 15.5. The Labute approximate surface area is 180 Å². The van der Waals surface area contributed by atoms with E-state index in [4.69, 9.17) is 0 Å². The van der Waals surface area contributed by atoms with E-state index in [-0.39, 0.29) is 32.0 Å². The highest BCUT2D eigenvalue weighted by Gasteiger charge is 2.37. The molecule has 2 aliphatic heterocycles. The lowest BCUT2D eigenvalue weighted by atomic mass is 10.1. The molecule has 31 heavy (non-hydrogen) atoms. The van der Waals surface area contributed by atoms with Gasteiger partial charge in [0.05, 0.1) is 32.0 Å². The van der Waals surface area contributed by atoms with Crippen LogP contribution in [0.2, 0.25) is 19.1 Å². The molecule has 0 unspecified atom stereocenters. The smallest absolute Gasteiger partial charge is 0.261 e. The summed E-state index contributed by atoms with van der Waals surface area (Å²) in [6, 6.07) is 8.47. The second-order valence-electron chi connectivity index (χ2n) is 7.77. The van der Waals surface area contributed by atoms with Crippen LogP contribution in [-0.4, -0.2) is 52.3 Å². The Morgan fingerprint density at radius 2 is 1.35 bits per heavy atom. The van der Waals surface area contributed by atoms with Crippen LogP contribution in [0.3, 0.4) is 0 Å². The molecule has 0 bridgehead atoms. The number of rotatable bonds is 6. The number of nitrogens with zero attached hydrogens (tertiary/aromatic N) is 1. The lowest BCUT2D eigenvalue weighted by molar-refractivity contribution is 0.0653. The minimum Gasteiger partial charge on any atom is -0.288 e. The molecule has 0 aliphatic carbocycles.